The Morgan fingerprint density at radius 2 is 1.47 bits per heavy atom. The van der Waals surface area contributed by atoms with E-state index < -0.39 is 82.8 Å². The van der Waals surface area contributed by atoms with Crippen molar-refractivity contribution < 1.29 is 33.6 Å². The summed E-state index contributed by atoms with van der Waals surface area (Å²) in [7, 11) is 0. The van der Waals surface area contributed by atoms with Gasteiger partial charge in [-0.3, -0.25) is 33.7 Å². The zero-order valence-corrected chi connectivity index (χ0v) is 29.8. The van der Waals surface area contributed by atoms with Gasteiger partial charge in [-0.05, 0) is 47.6 Å². The van der Waals surface area contributed by atoms with Gasteiger partial charge < -0.3 is 26.6 Å². The fourth-order valence-corrected chi connectivity index (χ4v) is 6.71. The third-order valence-corrected chi connectivity index (χ3v) is 10.1. The van der Waals surface area contributed by atoms with Gasteiger partial charge in [-0.15, -0.1) is 0 Å². The van der Waals surface area contributed by atoms with E-state index >= 15 is 0 Å². The lowest BCUT2D eigenvalue weighted by atomic mass is 9.79. The smallest absolute Gasteiger partial charge is 0.315 e. The molecule has 5 N–H and O–H groups in total. The van der Waals surface area contributed by atoms with Gasteiger partial charge in [-0.1, -0.05) is 79.9 Å². The first-order chi connectivity index (χ1) is 22.8. The highest BCUT2D eigenvalue weighted by atomic mass is 16.2. The molecule has 1 aliphatic carbocycles. The second kappa shape index (κ2) is 14.8. The van der Waals surface area contributed by atoms with Gasteiger partial charge in [0.25, 0.3) is 11.8 Å². The highest BCUT2D eigenvalue weighted by molar-refractivity contribution is 6.40. The van der Waals surface area contributed by atoms with Crippen LogP contribution in [0, 0.1) is 22.7 Å². The number of nitrogens with one attached hydrogen (secondary N) is 3. The lowest BCUT2D eigenvalue weighted by molar-refractivity contribution is -0.144. The molecule has 0 radical (unpaired) electrons. The molecule has 0 aromatic heterocycles. The Hall–Kier alpha value is -4.13. The van der Waals surface area contributed by atoms with Crippen LogP contribution in [0.3, 0.4) is 0 Å². The third-order valence-electron chi connectivity index (χ3n) is 10.1. The number of ketones is 2. The second-order valence-electron chi connectivity index (χ2n) is 15.9. The molecule has 1 saturated heterocycles. The monoisotopic (exact) mass is 680 g/mol. The van der Waals surface area contributed by atoms with E-state index in [4.69, 9.17) is 5.73 Å². The number of nitrogens with zero attached hydrogens (tertiary/aromatic N) is 2. The van der Waals surface area contributed by atoms with Crippen LogP contribution in [0.15, 0.2) is 24.3 Å². The van der Waals surface area contributed by atoms with E-state index in [1.165, 1.54) is 4.90 Å². The molecule has 3 aliphatic rings. The number of benzene rings is 1. The molecule has 2 heterocycles. The van der Waals surface area contributed by atoms with E-state index in [-0.39, 0.29) is 24.9 Å². The number of nitrogens with two attached hydrogens (primary N) is 1. The van der Waals surface area contributed by atoms with Gasteiger partial charge in [0.15, 0.2) is 0 Å². The lowest BCUT2D eigenvalue weighted by Crippen LogP contribution is -2.62. The van der Waals surface area contributed by atoms with Crippen molar-refractivity contribution in [2.75, 3.05) is 19.6 Å². The minimum absolute atomic E-state index is 0.0727. The maximum absolute atomic E-state index is 14.2. The molecule has 0 bridgehead atoms. The fraction of sp³-hybridized carbons (Fsp3) is 0.639. The molecule has 268 valence electrons. The van der Waals surface area contributed by atoms with Gasteiger partial charge in [-0.25, -0.2) is 4.79 Å². The van der Waals surface area contributed by atoms with Crippen LogP contribution in [-0.4, -0.2) is 94.8 Å². The molecule has 1 aromatic carbocycles. The summed E-state index contributed by atoms with van der Waals surface area (Å²) in [6, 6.07) is 2.26. The standard InChI is InChI=1S/C36H52N6O7/c1-20-15-16-41(27(20)30(45)38-24(17-21-11-10-12-21)28(44)25(43)18-37)33(48)29(36(5,6)7)40-34(49)39-26(35(2,3)4)19-42-31(46)22-13-8-9-14-23(22)32(42)47/h8-9,13-14,20-21,24,26-27,29H,10-12,15-19,37H2,1-7H3,(H,38,45)(H2,39,40,49). The van der Waals surface area contributed by atoms with Crippen LogP contribution in [0.1, 0.15) is 101 Å². The molecule has 1 aromatic rings. The summed E-state index contributed by atoms with van der Waals surface area (Å²) in [5.41, 5.74) is 4.71. The number of carbonyl (C=O) groups excluding carboxylic acids is 7. The summed E-state index contributed by atoms with van der Waals surface area (Å²) < 4.78 is 0. The molecular weight excluding hydrogens is 628 g/mol. The summed E-state index contributed by atoms with van der Waals surface area (Å²) in [5, 5.41) is 8.50. The minimum atomic E-state index is -1.06. The predicted octanol–water partition coefficient (Wildman–Crippen LogP) is 2.42. The Bertz CT molecular complexity index is 1460. The number of fused-ring (bicyclic) bond motifs is 1. The molecule has 0 spiro atoms. The van der Waals surface area contributed by atoms with Crippen molar-refractivity contribution in [3.63, 3.8) is 0 Å². The van der Waals surface area contributed by atoms with Crippen LogP contribution < -0.4 is 21.7 Å². The largest absolute Gasteiger partial charge is 0.344 e. The van der Waals surface area contributed by atoms with Gasteiger partial charge in [-0.2, -0.15) is 0 Å². The van der Waals surface area contributed by atoms with Crippen molar-refractivity contribution in [1.29, 1.82) is 0 Å². The van der Waals surface area contributed by atoms with Gasteiger partial charge >= 0.3 is 6.03 Å². The highest BCUT2D eigenvalue weighted by Gasteiger charge is 2.46. The normalized spacial score (nSPS) is 21.4. The zero-order chi connectivity index (χ0) is 36.4. The highest BCUT2D eigenvalue weighted by Crippen LogP contribution is 2.32. The number of hydrogen-bond acceptors (Lipinski definition) is 8. The number of Topliss-reactive ketones (excluding diaryl/α,β-unsaturated/α-hetero) is 2. The molecule has 13 heteroatoms. The Morgan fingerprint density at radius 3 is 1.96 bits per heavy atom. The second-order valence-corrected chi connectivity index (χ2v) is 15.9. The van der Waals surface area contributed by atoms with Crippen LogP contribution in [-0.2, 0) is 19.2 Å². The molecule has 5 unspecified atom stereocenters. The Labute approximate surface area is 288 Å². The Kier molecular flexibility index (Phi) is 11.4. The predicted molar refractivity (Wildman–Crippen MR) is 182 cm³/mol. The van der Waals surface area contributed by atoms with Crippen LogP contribution in [0.25, 0.3) is 0 Å². The molecule has 13 nitrogen and oxygen atoms in total. The molecule has 2 aliphatic heterocycles. The van der Waals surface area contributed by atoms with Crippen molar-refractivity contribution in [2.24, 2.45) is 28.4 Å². The van der Waals surface area contributed by atoms with Crippen LogP contribution in [0.5, 0.6) is 0 Å². The first-order valence-electron chi connectivity index (χ1n) is 17.2. The van der Waals surface area contributed by atoms with Crippen LogP contribution in [0.4, 0.5) is 4.79 Å². The summed E-state index contributed by atoms with van der Waals surface area (Å²) >= 11 is 0. The van der Waals surface area contributed by atoms with Gasteiger partial charge in [0.1, 0.15) is 12.1 Å². The summed E-state index contributed by atoms with van der Waals surface area (Å²) in [6.07, 6.45) is 3.72. The lowest BCUT2D eigenvalue weighted by Gasteiger charge is -2.38. The van der Waals surface area contributed by atoms with E-state index in [0.717, 1.165) is 24.2 Å². The van der Waals surface area contributed by atoms with Crippen molar-refractivity contribution in [3.05, 3.63) is 35.4 Å². The van der Waals surface area contributed by atoms with E-state index in [2.05, 4.69) is 16.0 Å². The van der Waals surface area contributed by atoms with Crippen LogP contribution >= 0.6 is 0 Å². The first-order valence-corrected chi connectivity index (χ1v) is 17.2. The quantitative estimate of drug-likeness (QED) is 0.191. The molecule has 2 fully saturated rings. The molecule has 6 amide bonds. The summed E-state index contributed by atoms with van der Waals surface area (Å²) in [5.74, 6) is -3.35. The molecule has 1 saturated carbocycles. The van der Waals surface area contributed by atoms with Crippen molar-refractivity contribution in [2.45, 2.75) is 105 Å². The van der Waals surface area contributed by atoms with Crippen molar-refractivity contribution in [1.82, 2.24) is 25.8 Å². The van der Waals surface area contributed by atoms with E-state index in [1.807, 2.05) is 27.7 Å². The van der Waals surface area contributed by atoms with E-state index in [1.54, 1.807) is 45.0 Å². The SMILES string of the molecule is CC1CCN(C(=O)C(NC(=O)NC(CN2C(=O)c3ccccc3C2=O)C(C)(C)C)C(C)(C)C)C1C(=O)NC(CC1CCC1)C(=O)C(=O)CN. The van der Waals surface area contributed by atoms with E-state index in [9.17, 15) is 33.6 Å². The number of rotatable bonds is 12. The number of likely N-dealkylation sites (tertiary alicyclic amines) is 1. The fourth-order valence-electron chi connectivity index (χ4n) is 6.71. The van der Waals surface area contributed by atoms with Gasteiger partial charge in [0.2, 0.25) is 23.4 Å². The van der Waals surface area contributed by atoms with Crippen LogP contribution in [0.2, 0.25) is 0 Å². The number of hydrogen-bond donors (Lipinski definition) is 4. The Morgan fingerprint density at radius 1 is 0.878 bits per heavy atom. The number of carbonyl (C=O) groups is 7. The Balaban J connectivity index is 1.49. The summed E-state index contributed by atoms with van der Waals surface area (Å²) in [4.78, 5) is 95.5. The molecule has 5 atom stereocenters. The average molecular weight is 681 g/mol. The zero-order valence-electron chi connectivity index (χ0n) is 29.8. The number of urea groups is 1. The minimum Gasteiger partial charge on any atom is -0.344 e. The number of imide groups is 1. The maximum atomic E-state index is 14.2. The third kappa shape index (κ3) is 8.37. The molecule has 4 rings (SSSR count). The van der Waals surface area contributed by atoms with Crippen molar-refractivity contribution >= 4 is 41.2 Å². The van der Waals surface area contributed by atoms with Crippen molar-refractivity contribution in [3.8, 4) is 0 Å². The average Bonchev–Trinajstić information content (AvgIpc) is 3.51. The maximum Gasteiger partial charge on any atom is 0.315 e. The summed E-state index contributed by atoms with van der Waals surface area (Å²) in [6.45, 7) is 12.6. The van der Waals surface area contributed by atoms with Gasteiger partial charge in [0.05, 0.1) is 36.3 Å². The first kappa shape index (κ1) is 37.7. The topological polar surface area (TPSA) is 188 Å². The number of amides is 6. The van der Waals surface area contributed by atoms with E-state index in [0.29, 0.717) is 24.0 Å². The molecular formula is C36H52N6O7. The molecule has 49 heavy (non-hydrogen) atoms. The van der Waals surface area contributed by atoms with Gasteiger partial charge in [0, 0.05) is 6.54 Å².